The van der Waals surface area contributed by atoms with Gasteiger partial charge in [-0.1, -0.05) is 6.07 Å². The van der Waals surface area contributed by atoms with Gasteiger partial charge in [0.25, 0.3) is 11.8 Å². The fourth-order valence-corrected chi connectivity index (χ4v) is 2.86. The fraction of sp³-hybridized carbons (Fsp3) is 0.333. The van der Waals surface area contributed by atoms with Gasteiger partial charge < -0.3 is 4.74 Å². The molecule has 1 unspecified atom stereocenters. The zero-order valence-corrected chi connectivity index (χ0v) is 11.4. The molecule has 108 valence electrons. The molecule has 0 aromatic heterocycles. The minimum Gasteiger partial charge on any atom is -0.496 e. The molecule has 1 fully saturated rings. The third-order valence-electron chi connectivity index (χ3n) is 3.88. The molecule has 0 N–H and O–H groups in total. The van der Waals surface area contributed by atoms with Crippen LogP contribution < -0.4 is 4.74 Å². The lowest BCUT2D eigenvalue weighted by Gasteiger charge is -2.27. The van der Waals surface area contributed by atoms with E-state index in [1.807, 2.05) is 0 Å². The van der Waals surface area contributed by atoms with E-state index in [0.717, 1.165) is 4.90 Å². The highest BCUT2D eigenvalue weighted by atomic mass is 16.5. The Morgan fingerprint density at radius 1 is 1.14 bits per heavy atom. The molecule has 2 aliphatic rings. The van der Waals surface area contributed by atoms with Crippen molar-refractivity contribution in [2.45, 2.75) is 25.3 Å². The number of carbonyl (C=O) groups is 4. The van der Waals surface area contributed by atoms with Gasteiger partial charge in [-0.25, -0.2) is 0 Å². The monoisotopic (exact) mass is 287 g/mol. The quantitative estimate of drug-likeness (QED) is 0.598. The minimum atomic E-state index is -0.847. The Labute approximate surface area is 120 Å². The molecule has 1 aromatic carbocycles. The summed E-state index contributed by atoms with van der Waals surface area (Å²) in [6.07, 6.45) is 0.196. The van der Waals surface area contributed by atoms with Crippen LogP contribution in [0.25, 0.3) is 0 Å². The van der Waals surface area contributed by atoms with E-state index < -0.39 is 17.9 Å². The summed E-state index contributed by atoms with van der Waals surface area (Å²) in [5.74, 6) is -1.24. The summed E-state index contributed by atoms with van der Waals surface area (Å²) in [6.45, 7) is 0. The highest BCUT2D eigenvalue weighted by Gasteiger charge is 2.45. The largest absolute Gasteiger partial charge is 0.496 e. The van der Waals surface area contributed by atoms with Crippen molar-refractivity contribution in [3.63, 3.8) is 0 Å². The maximum absolute atomic E-state index is 12.5. The molecule has 6 nitrogen and oxygen atoms in total. The van der Waals surface area contributed by atoms with Gasteiger partial charge in [-0.05, 0) is 18.6 Å². The van der Waals surface area contributed by atoms with Gasteiger partial charge in [0.05, 0.1) is 30.7 Å². The van der Waals surface area contributed by atoms with E-state index in [4.69, 9.17) is 4.74 Å². The first-order valence-electron chi connectivity index (χ1n) is 6.64. The van der Waals surface area contributed by atoms with Gasteiger partial charge in [0.2, 0.25) is 0 Å². The smallest absolute Gasteiger partial charge is 0.266 e. The lowest BCUT2D eigenvalue weighted by atomic mass is 9.92. The van der Waals surface area contributed by atoms with Crippen LogP contribution in [0, 0.1) is 0 Å². The molecule has 6 heteroatoms. The first kappa shape index (κ1) is 13.5. The second-order valence-electron chi connectivity index (χ2n) is 5.10. The first-order chi connectivity index (χ1) is 10.0. The predicted molar refractivity (Wildman–Crippen MR) is 71.1 cm³/mol. The average molecular weight is 287 g/mol. The van der Waals surface area contributed by atoms with Crippen molar-refractivity contribution in [3.05, 3.63) is 29.3 Å². The van der Waals surface area contributed by atoms with Gasteiger partial charge in [-0.2, -0.15) is 0 Å². The van der Waals surface area contributed by atoms with E-state index >= 15 is 0 Å². The summed E-state index contributed by atoms with van der Waals surface area (Å²) in [6, 6.07) is 3.91. The molecule has 1 aliphatic carbocycles. The van der Waals surface area contributed by atoms with Crippen LogP contribution in [0.15, 0.2) is 18.2 Å². The van der Waals surface area contributed by atoms with Crippen LogP contribution in [-0.4, -0.2) is 41.4 Å². The number of ketones is 2. The molecule has 1 aliphatic heterocycles. The van der Waals surface area contributed by atoms with Crippen molar-refractivity contribution in [3.8, 4) is 5.75 Å². The summed E-state index contributed by atoms with van der Waals surface area (Å²) in [7, 11) is 1.42. The van der Waals surface area contributed by atoms with E-state index in [-0.39, 0.29) is 42.0 Å². The maximum Gasteiger partial charge on any atom is 0.266 e. The number of hydrogen-bond acceptors (Lipinski definition) is 5. The zero-order valence-electron chi connectivity index (χ0n) is 11.4. The molecule has 1 heterocycles. The summed E-state index contributed by atoms with van der Waals surface area (Å²) < 4.78 is 5.12. The Kier molecular flexibility index (Phi) is 3.08. The van der Waals surface area contributed by atoms with Gasteiger partial charge in [0.1, 0.15) is 11.5 Å². The first-order valence-corrected chi connectivity index (χ1v) is 6.64. The van der Waals surface area contributed by atoms with E-state index in [0.29, 0.717) is 5.75 Å². The average Bonchev–Trinajstić information content (AvgIpc) is 2.72. The van der Waals surface area contributed by atoms with Gasteiger partial charge in [0, 0.05) is 6.42 Å². The molecule has 1 atom stereocenters. The summed E-state index contributed by atoms with van der Waals surface area (Å²) in [4.78, 5) is 49.2. The minimum absolute atomic E-state index is 0.148. The Morgan fingerprint density at radius 3 is 2.57 bits per heavy atom. The molecule has 1 aromatic rings. The van der Waals surface area contributed by atoms with Crippen LogP contribution in [0.1, 0.15) is 40.0 Å². The number of Topliss-reactive ketones (excluding diaryl/α,β-unsaturated/α-hetero) is 2. The van der Waals surface area contributed by atoms with Gasteiger partial charge in [0.15, 0.2) is 5.78 Å². The van der Waals surface area contributed by atoms with Crippen LogP contribution in [0.4, 0.5) is 0 Å². The molecule has 0 bridgehead atoms. The number of methoxy groups -OCH3 is 1. The standard InChI is InChI=1S/C15H13NO5/c1-21-12-4-2-3-9-13(12)15(20)16(14(9)19)10-6-5-8(17)7-11(10)18/h2-4,10H,5-7H2,1H3. The zero-order chi connectivity index (χ0) is 15.1. The van der Waals surface area contributed by atoms with E-state index in [9.17, 15) is 19.2 Å². The van der Waals surface area contributed by atoms with Crippen LogP contribution in [0.3, 0.4) is 0 Å². The number of imide groups is 1. The summed E-state index contributed by atoms with van der Waals surface area (Å²) in [5.41, 5.74) is 0.429. The molecule has 0 spiro atoms. The van der Waals surface area contributed by atoms with Gasteiger partial charge in [-0.3, -0.25) is 24.1 Å². The normalized spacial score (nSPS) is 21.8. The molecule has 2 amide bonds. The van der Waals surface area contributed by atoms with Gasteiger partial charge in [-0.15, -0.1) is 0 Å². The molecular formula is C15H13NO5. The number of fused-ring (bicyclic) bond motifs is 1. The van der Waals surface area contributed by atoms with E-state index in [1.54, 1.807) is 12.1 Å². The topological polar surface area (TPSA) is 80.8 Å². The molecule has 1 saturated carbocycles. The summed E-state index contributed by atoms with van der Waals surface area (Å²) >= 11 is 0. The highest BCUT2D eigenvalue weighted by molar-refractivity contribution is 6.24. The van der Waals surface area contributed by atoms with Crippen molar-refractivity contribution >= 4 is 23.4 Å². The van der Waals surface area contributed by atoms with Crippen molar-refractivity contribution in [2.24, 2.45) is 0 Å². The predicted octanol–water partition coefficient (Wildman–Crippen LogP) is 0.982. The number of benzene rings is 1. The molecular weight excluding hydrogens is 274 g/mol. The van der Waals surface area contributed by atoms with Crippen molar-refractivity contribution in [2.75, 3.05) is 7.11 Å². The lowest BCUT2D eigenvalue weighted by Crippen LogP contribution is -2.47. The number of ether oxygens (including phenoxy) is 1. The van der Waals surface area contributed by atoms with Crippen LogP contribution in [0.5, 0.6) is 5.75 Å². The molecule has 0 saturated heterocycles. The number of hydrogen-bond donors (Lipinski definition) is 0. The lowest BCUT2D eigenvalue weighted by molar-refractivity contribution is -0.132. The summed E-state index contributed by atoms with van der Waals surface area (Å²) in [5, 5.41) is 0. The second-order valence-corrected chi connectivity index (χ2v) is 5.10. The fourth-order valence-electron chi connectivity index (χ4n) is 2.86. The van der Waals surface area contributed by atoms with Crippen molar-refractivity contribution in [1.29, 1.82) is 0 Å². The Bertz CT molecular complexity index is 679. The number of nitrogens with zero attached hydrogens (tertiary/aromatic N) is 1. The van der Waals surface area contributed by atoms with Gasteiger partial charge >= 0.3 is 0 Å². The third kappa shape index (κ3) is 1.94. The SMILES string of the molecule is COc1cccc2c1C(=O)N(C1CCC(=O)CC1=O)C2=O. The van der Waals surface area contributed by atoms with E-state index in [2.05, 4.69) is 0 Å². The third-order valence-corrected chi connectivity index (χ3v) is 3.88. The Morgan fingerprint density at radius 2 is 1.90 bits per heavy atom. The van der Waals surface area contributed by atoms with E-state index in [1.165, 1.54) is 13.2 Å². The highest BCUT2D eigenvalue weighted by Crippen LogP contribution is 2.33. The number of rotatable bonds is 2. The maximum atomic E-state index is 12.5. The number of carbonyl (C=O) groups excluding carboxylic acids is 4. The van der Waals surface area contributed by atoms with Crippen LogP contribution in [-0.2, 0) is 9.59 Å². The molecule has 3 rings (SSSR count). The second kappa shape index (κ2) is 4.80. The Hall–Kier alpha value is -2.50. The molecule has 0 radical (unpaired) electrons. The number of amides is 2. The Balaban J connectivity index is 2.00. The van der Waals surface area contributed by atoms with Crippen LogP contribution >= 0.6 is 0 Å². The van der Waals surface area contributed by atoms with Crippen LogP contribution in [0.2, 0.25) is 0 Å². The molecule has 21 heavy (non-hydrogen) atoms. The van der Waals surface area contributed by atoms with Crippen molar-refractivity contribution in [1.82, 2.24) is 4.90 Å². The van der Waals surface area contributed by atoms with Crippen molar-refractivity contribution < 1.29 is 23.9 Å².